The van der Waals surface area contributed by atoms with E-state index in [0.29, 0.717) is 12.5 Å². The van der Waals surface area contributed by atoms with Crippen molar-refractivity contribution >= 4 is 28.8 Å². The Morgan fingerprint density at radius 2 is 1.41 bits per heavy atom. The first kappa shape index (κ1) is 18.6. The van der Waals surface area contributed by atoms with E-state index in [9.17, 15) is 4.39 Å². The van der Waals surface area contributed by atoms with Gasteiger partial charge in [-0.1, -0.05) is 48.5 Å². The molecule has 0 aliphatic carbocycles. The summed E-state index contributed by atoms with van der Waals surface area (Å²) >= 11 is 0. The van der Waals surface area contributed by atoms with E-state index in [-0.39, 0.29) is 5.82 Å². The highest BCUT2D eigenvalue weighted by Crippen LogP contribution is 2.34. The molecule has 0 bridgehead atoms. The Balaban J connectivity index is 1.73. The van der Waals surface area contributed by atoms with E-state index in [1.165, 1.54) is 6.20 Å². The lowest BCUT2D eigenvalue weighted by Crippen LogP contribution is -2.14. The summed E-state index contributed by atoms with van der Waals surface area (Å²) in [4.78, 5) is 10.3. The molecule has 1 heterocycles. The summed E-state index contributed by atoms with van der Waals surface area (Å²) in [5.74, 6) is -0.0426. The summed E-state index contributed by atoms with van der Waals surface area (Å²) in [7, 11) is 0. The predicted molar refractivity (Wildman–Crippen MR) is 114 cm³/mol. The topological polar surface area (TPSA) is 67.1 Å². The number of nitrogens with two attached hydrogens (primary N) is 1. The summed E-state index contributed by atoms with van der Waals surface area (Å²) in [6.45, 7) is 0.473. The van der Waals surface area contributed by atoms with Crippen LogP contribution < -0.4 is 16.0 Å². The molecule has 144 valence electrons. The SMILES string of the molecule is NCc1ccc(Nc2ncc(F)c(N(c3ccccc3)c3ccccc3)n2)cc1. The number of nitrogens with zero attached hydrogens (tertiary/aromatic N) is 3. The van der Waals surface area contributed by atoms with Crippen molar-refractivity contribution in [1.29, 1.82) is 0 Å². The summed E-state index contributed by atoms with van der Waals surface area (Å²) in [5, 5.41) is 3.12. The lowest BCUT2D eigenvalue weighted by atomic mass is 10.2. The van der Waals surface area contributed by atoms with Gasteiger partial charge in [-0.25, -0.2) is 9.37 Å². The molecule has 0 atom stereocenters. The molecule has 29 heavy (non-hydrogen) atoms. The van der Waals surface area contributed by atoms with Crippen molar-refractivity contribution in [2.45, 2.75) is 6.54 Å². The van der Waals surface area contributed by atoms with E-state index in [0.717, 1.165) is 22.6 Å². The van der Waals surface area contributed by atoms with Gasteiger partial charge in [0.15, 0.2) is 11.6 Å². The molecule has 0 saturated heterocycles. The minimum absolute atomic E-state index is 0.165. The van der Waals surface area contributed by atoms with Gasteiger partial charge in [-0.05, 0) is 42.0 Å². The third-order valence-electron chi connectivity index (χ3n) is 4.41. The highest BCUT2D eigenvalue weighted by atomic mass is 19.1. The van der Waals surface area contributed by atoms with Crippen LogP contribution in [-0.2, 0) is 6.54 Å². The second-order valence-corrected chi connectivity index (χ2v) is 6.40. The summed E-state index contributed by atoms with van der Waals surface area (Å²) in [6.07, 6.45) is 1.18. The third-order valence-corrected chi connectivity index (χ3v) is 4.41. The van der Waals surface area contributed by atoms with Crippen LogP contribution in [0.5, 0.6) is 0 Å². The fourth-order valence-electron chi connectivity index (χ4n) is 2.98. The maximum Gasteiger partial charge on any atom is 0.229 e. The van der Waals surface area contributed by atoms with Gasteiger partial charge in [0.25, 0.3) is 0 Å². The quantitative estimate of drug-likeness (QED) is 0.472. The summed E-state index contributed by atoms with van der Waals surface area (Å²) in [6, 6.07) is 26.7. The molecule has 4 aromatic rings. The van der Waals surface area contributed by atoms with Crippen LogP contribution >= 0.6 is 0 Å². The third kappa shape index (κ3) is 4.23. The normalized spacial score (nSPS) is 10.6. The molecular weight excluding hydrogens is 365 g/mol. The number of hydrogen-bond acceptors (Lipinski definition) is 5. The Kier molecular flexibility index (Phi) is 5.45. The number of hydrogen-bond donors (Lipinski definition) is 2. The van der Waals surface area contributed by atoms with Crippen molar-refractivity contribution in [1.82, 2.24) is 9.97 Å². The smallest absolute Gasteiger partial charge is 0.229 e. The van der Waals surface area contributed by atoms with E-state index >= 15 is 0 Å². The van der Waals surface area contributed by atoms with Gasteiger partial charge in [0.05, 0.1) is 6.20 Å². The van der Waals surface area contributed by atoms with Gasteiger partial charge >= 0.3 is 0 Å². The van der Waals surface area contributed by atoms with Crippen LogP contribution in [0.1, 0.15) is 5.56 Å². The van der Waals surface area contributed by atoms with Crippen LogP contribution in [0.3, 0.4) is 0 Å². The summed E-state index contributed by atoms with van der Waals surface area (Å²) < 4.78 is 14.8. The van der Waals surface area contributed by atoms with E-state index in [2.05, 4.69) is 15.3 Å². The number of benzene rings is 3. The molecule has 5 nitrogen and oxygen atoms in total. The van der Waals surface area contributed by atoms with Gasteiger partial charge in [-0.2, -0.15) is 4.98 Å². The van der Waals surface area contributed by atoms with Crippen LogP contribution in [0.4, 0.5) is 33.2 Å². The zero-order valence-corrected chi connectivity index (χ0v) is 15.7. The minimum Gasteiger partial charge on any atom is -0.326 e. The van der Waals surface area contributed by atoms with Crippen LogP contribution in [-0.4, -0.2) is 9.97 Å². The van der Waals surface area contributed by atoms with E-state index in [1.54, 1.807) is 4.90 Å². The Hall–Kier alpha value is -3.77. The molecule has 0 amide bonds. The van der Waals surface area contributed by atoms with E-state index in [1.807, 2.05) is 84.9 Å². The number of rotatable bonds is 6. The van der Waals surface area contributed by atoms with Gasteiger partial charge in [-0.3, -0.25) is 4.90 Å². The van der Waals surface area contributed by atoms with E-state index in [4.69, 9.17) is 5.73 Å². The highest BCUT2D eigenvalue weighted by Gasteiger charge is 2.19. The van der Waals surface area contributed by atoms with Crippen molar-refractivity contribution in [3.63, 3.8) is 0 Å². The molecule has 6 heteroatoms. The van der Waals surface area contributed by atoms with Crippen LogP contribution in [0.15, 0.2) is 91.1 Å². The van der Waals surface area contributed by atoms with Gasteiger partial charge < -0.3 is 11.1 Å². The van der Waals surface area contributed by atoms with Gasteiger partial charge in [0, 0.05) is 23.6 Å². The standard InChI is InChI=1S/C23H20FN5/c24-21-16-26-23(27-18-13-11-17(15-25)12-14-18)28-22(21)29(19-7-3-1-4-8-19)20-9-5-2-6-10-20/h1-14,16H,15,25H2,(H,26,27,28). The van der Waals surface area contributed by atoms with Gasteiger partial charge in [0.2, 0.25) is 5.95 Å². The van der Waals surface area contributed by atoms with Crippen molar-refractivity contribution in [2.75, 3.05) is 10.2 Å². The lowest BCUT2D eigenvalue weighted by Gasteiger charge is -2.24. The van der Waals surface area contributed by atoms with Crippen molar-refractivity contribution < 1.29 is 4.39 Å². The number of nitrogens with one attached hydrogen (secondary N) is 1. The maximum absolute atomic E-state index is 14.8. The first-order chi connectivity index (χ1) is 14.2. The maximum atomic E-state index is 14.8. The second kappa shape index (κ2) is 8.50. The molecule has 0 spiro atoms. The Morgan fingerprint density at radius 1 is 0.828 bits per heavy atom. The monoisotopic (exact) mass is 385 g/mol. The van der Waals surface area contributed by atoms with Crippen molar-refractivity contribution in [3.05, 3.63) is 103 Å². The summed E-state index contributed by atoms with van der Waals surface area (Å²) in [5.41, 5.74) is 9.06. The first-order valence-electron chi connectivity index (χ1n) is 9.23. The van der Waals surface area contributed by atoms with Crippen molar-refractivity contribution in [2.24, 2.45) is 5.73 Å². The average molecular weight is 385 g/mol. The number of para-hydroxylation sites is 2. The molecule has 0 fully saturated rings. The molecular formula is C23H20FN5. The Morgan fingerprint density at radius 3 is 1.97 bits per heavy atom. The Bertz CT molecular complexity index is 1030. The zero-order valence-electron chi connectivity index (χ0n) is 15.7. The fraction of sp³-hybridized carbons (Fsp3) is 0.0435. The van der Waals surface area contributed by atoms with E-state index < -0.39 is 5.82 Å². The van der Waals surface area contributed by atoms with Gasteiger partial charge in [0.1, 0.15) is 0 Å². The molecule has 0 unspecified atom stereocenters. The fourth-order valence-corrected chi connectivity index (χ4v) is 2.98. The first-order valence-corrected chi connectivity index (χ1v) is 9.23. The molecule has 0 radical (unpaired) electrons. The molecule has 0 aliphatic heterocycles. The Labute approximate surface area is 168 Å². The molecule has 1 aromatic heterocycles. The zero-order chi connectivity index (χ0) is 20.1. The van der Waals surface area contributed by atoms with Crippen LogP contribution in [0.25, 0.3) is 0 Å². The molecule has 3 N–H and O–H groups in total. The largest absolute Gasteiger partial charge is 0.326 e. The second-order valence-electron chi connectivity index (χ2n) is 6.40. The lowest BCUT2D eigenvalue weighted by molar-refractivity contribution is 0.616. The highest BCUT2D eigenvalue weighted by molar-refractivity contribution is 5.75. The van der Waals surface area contributed by atoms with Gasteiger partial charge in [-0.15, -0.1) is 0 Å². The number of anilines is 5. The number of halogens is 1. The predicted octanol–water partition coefficient (Wildman–Crippen LogP) is 5.29. The average Bonchev–Trinajstić information content (AvgIpc) is 2.78. The molecule has 4 rings (SSSR count). The molecule has 0 aliphatic rings. The van der Waals surface area contributed by atoms with Crippen molar-refractivity contribution in [3.8, 4) is 0 Å². The molecule has 0 saturated carbocycles. The minimum atomic E-state index is -0.512. The number of aromatic nitrogens is 2. The molecule has 3 aromatic carbocycles. The van der Waals surface area contributed by atoms with Crippen LogP contribution in [0, 0.1) is 5.82 Å². The van der Waals surface area contributed by atoms with Crippen LogP contribution in [0.2, 0.25) is 0 Å².